The number of para-hydroxylation sites is 1. The third-order valence-corrected chi connectivity index (χ3v) is 2.20. The lowest BCUT2D eigenvalue weighted by atomic mass is 10.1. The Kier molecular flexibility index (Phi) is 4.04. The average molecular weight is 234 g/mol. The van der Waals surface area contributed by atoms with Gasteiger partial charge in [0.25, 0.3) is 0 Å². The van der Waals surface area contributed by atoms with Crippen molar-refractivity contribution in [3.8, 4) is 0 Å². The third kappa shape index (κ3) is 2.36. The van der Waals surface area contributed by atoms with Gasteiger partial charge in [0, 0.05) is 5.56 Å². The van der Waals surface area contributed by atoms with E-state index >= 15 is 0 Å². The molecule has 4 nitrogen and oxygen atoms in total. The van der Waals surface area contributed by atoms with Crippen LogP contribution in [0.4, 0.5) is 0 Å². The molecule has 0 spiro atoms. The number of aromatic carboxylic acids is 1. The van der Waals surface area contributed by atoms with Gasteiger partial charge in [0.1, 0.15) is 5.56 Å². The van der Waals surface area contributed by atoms with E-state index in [-0.39, 0.29) is 16.6 Å². The SMILES string of the molecule is CC.Cc1coc2c(C(=O)O)cccc2c1=O. The first kappa shape index (κ1) is 13.0. The standard InChI is InChI=1S/C11H8O4.C2H6/c1-6-5-15-10-7(9(6)12)3-2-4-8(10)11(13)14;1-2/h2-5H,1H3,(H,13,14);1-2H3. The molecular formula is C13H14O4. The van der Waals surface area contributed by atoms with Gasteiger partial charge in [-0.1, -0.05) is 19.9 Å². The van der Waals surface area contributed by atoms with Gasteiger partial charge in [-0.2, -0.15) is 0 Å². The Hall–Kier alpha value is -2.10. The molecule has 0 aliphatic rings. The Morgan fingerprint density at radius 2 is 1.94 bits per heavy atom. The van der Waals surface area contributed by atoms with Crippen LogP contribution in [0.3, 0.4) is 0 Å². The predicted octanol–water partition coefficient (Wildman–Crippen LogP) is 2.83. The Morgan fingerprint density at radius 1 is 1.29 bits per heavy atom. The van der Waals surface area contributed by atoms with Gasteiger partial charge in [-0.05, 0) is 19.1 Å². The molecule has 0 saturated heterocycles. The van der Waals surface area contributed by atoms with Crippen LogP contribution >= 0.6 is 0 Å². The largest absolute Gasteiger partial charge is 0.478 e. The topological polar surface area (TPSA) is 67.5 Å². The van der Waals surface area contributed by atoms with Crippen LogP contribution in [-0.4, -0.2) is 11.1 Å². The summed E-state index contributed by atoms with van der Waals surface area (Å²) < 4.78 is 5.13. The second kappa shape index (κ2) is 5.30. The number of hydrogen-bond acceptors (Lipinski definition) is 3. The average Bonchev–Trinajstić information content (AvgIpc) is 2.35. The Balaban J connectivity index is 0.000000686. The summed E-state index contributed by atoms with van der Waals surface area (Å²) in [5.74, 6) is -1.10. The summed E-state index contributed by atoms with van der Waals surface area (Å²) in [6.45, 7) is 5.62. The second-order valence-corrected chi connectivity index (χ2v) is 3.24. The van der Waals surface area contributed by atoms with Gasteiger partial charge in [0.2, 0.25) is 0 Å². The Labute approximate surface area is 98.5 Å². The van der Waals surface area contributed by atoms with Crippen molar-refractivity contribution < 1.29 is 14.3 Å². The first-order valence-corrected chi connectivity index (χ1v) is 5.35. The molecule has 1 N–H and O–H groups in total. The minimum absolute atomic E-state index is 0.00426. The monoisotopic (exact) mass is 234 g/mol. The third-order valence-electron chi connectivity index (χ3n) is 2.20. The zero-order valence-electron chi connectivity index (χ0n) is 9.98. The molecule has 0 aliphatic carbocycles. The van der Waals surface area contributed by atoms with Gasteiger partial charge in [-0.15, -0.1) is 0 Å². The molecule has 2 aromatic rings. The summed E-state index contributed by atoms with van der Waals surface area (Å²) in [5.41, 5.74) is 0.398. The summed E-state index contributed by atoms with van der Waals surface area (Å²) in [5, 5.41) is 9.18. The maximum Gasteiger partial charge on any atom is 0.339 e. The molecule has 1 aromatic carbocycles. The van der Waals surface area contributed by atoms with E-state index in [9.17, 15) is 9.59 Å². The molecule has 90 valence electrons. The number of carbonyl (C=O) groups is 1. The number of fused-ring (bicyclic) bond motifs is 1. The van der Waals surface area contributed by atoms with E-state index in [0.29, 0.717) is 10.9 Å². The van der Waals surface area contributed by atoms with Crippen molar-refractivity contribution in [2.75, 3.05) is 0 Å². The van der Waals surface area contributed by atoms with E-state index in [1.807, 2.05) is 13.8 Å². The zero-order valence-corrected chi connectivity index (χ0v) is 9.98. The molecule has 0 aliphatic heterocycles. The zero-order chi connectivity index (χ0) is 13.0. The van der Waals surface area contributed by atoms with Gasteiger partial charge >= 0.3 is 5.97 Å². The van der Waals surface area contributed by atoms with E-state index in [0.717, 1.165) is 0 Å². The van der Waals surface area contributed by atoms with Crippen LogP contribution < -0.4 is 5.43 Å². The van der Waals surface area contributed by atoms with E-state index < -0.39 is 5.97 Å². The number of rotatable bonds is 1. The highest BCUT2D eigenvalue weighted by Crippen LogP contribution is 2.16. The van der Waals surface area contributed by atoms with E-state index in [1.54, 1.807) is 13.0 Å². The van der Waals surface area contributed by atoms with Crippen LogP contribution in [-0.2, 0) is 0 Å². The Morgan fingerprint density at radius 3 is 2.53 bits per heavy atom. The number of aryl methyl sites for hydroxylation is 1. The molecule has 0 unspecified atom stereocenters. The summed E-state index contributed by atoms with van der Waals surface area (Å²) >= 11 is 0. The van der Waals surface area contributed by atoms with E-state index in [2.05, 4.69) is 0 Å². The fourth-order valence-corrected chi connectivity index (χ4v) is 1.42. The van der Waals surface area contributed by atoms with Gasteiger partial charge < -0.3 is 9.52 Å². The van der Waals surface area contributed by atoms with Gasteiger partial charge in [0.15, 0.2) is 11.0 Å². The highest BCUT2D eigenvalue weighted by Gasteiger charge is 2.12. The lowest BCUT2D eigenvalue weighted by molar-refractivity contribution is 0.0697. The number of benzene rings is 1. The van der Waals surface area contributed by atoms with Crippen LogP contribution in [0.5, 0.6) is 0 Å². The molecule has 0 atom stereocenters. The summed E-state index contributed by atoms with van der Waals surface area (Å²) in [6.07, 6.45) is 1.27. The van der Waals surface area contributed by atoms with Crippen LogP contribution in [0.25, 0.3) is 11.0 Å². The van der Waals surface area contributed by atoms with Crippen LogP contribution in [0, 0.1) is 6.92 Å². The predicted molar refractivity (Wildman–Crippen MR) is 65.5 cm³/mol. The molecule has 0 radical (unpaired) electrons. The molecule has 1 aromatic heterocycles. The van der Waals surface area contributed by atoms with Gasteiger partial charge in [0.05, 0.1) is 11.6 Å². The first-order chi connectivity index (χ1) is 8.11. The van der Waals surface area contributed by atoms with Crippen molar-refractivity contribution >= 4 is 16.9 Å². The van der Waals surface area contributed by atoms with Crippen molar-refractivity contribution in [3.05, 3.63) is 45.8 Å². The minimum Gasteiger partial charge on any atom is -0.478 e. The first-order valence-electron chi connectivity index (χ1n) is 5.35. The van der Waals surface area contributed by atoms with Crippen LogP contribution in [0.15, 0.2) is 33.7 Å². The Bertz CT molecular complexity index is 596. The lowest BCUT2D eigenvalue weighted by Gasteiger charge is -2.00. The van der Waals surface area contributed by atoms with Crippen molar-refractivity contribution in [3.63, 3.8) is 0 Å². The van der Waals surface area contributed by atoms with E-state index in [4.69, 9.17) is 9.52 Å². The van der Waals surface area contributed by atoms with E-state index in [1.165, 1.54) is 18.4 Å². The molecular weight excluding hydrogens is 220 g/mol. The van der Waals surface area contributed by atoms with Gasteiger partial charge in [-0.25, -0.2) is 4.79 Å². The fraction of sp³-hybridized carbons (Fsp3) is 0.231. The molecule has 1 heterocycles. The lowest BCUT2D eigenvalue weighted by Crippen LogP contribution is -2.07. The van der Waals surface area contributed by atoms with Crippen molar-refractivity contribution in [1.82, 2.24) is 0 Å². The fourth-order valence-electron chi connectivity index (χ4n) is 1.42. The molecule has 2 rings (SSSR count). The number of hydrogen-bond donors (Lipinski definition) is 1. The highest BCUT2D eigenvalue weighted by molar-refractivity contribution is 6.00. The minimum atomic E-state index is -1.10. The molecule has 0 amide bonds. The smallest absolute Gasteiger partial charge is 0.339 e. The van der Waals surface area contributed by atoms with Crippen LogP contribution in [0.2, 0.25) is 0 Å². The quantitative estimate of drug-likeness (QED) is 0.823. The normalized spacial score (nSPS) is 9.59. The van der Waals surface area contributed by atoms with Crippen molar-refractivity contribution in [2.45, 2.75) is 20.8 Å². The maximum atomic E-state index is 11.7. The molecule has 0 bridgehead atoms. The highest BCUT2D eigenvalue weighted by atomic mass is 16.4. The second-order valence-electron chi connectivity index (χ2n) is 3.24. The molecule has 4 heteroatoms. The maximum absolute atomic E-state index is 11.7. The molecule has 0 saturated carbocycles. The molecule has 0 fully saturated rings. The summed E-state index contributed by atoms with van der Waals surface area (Å²) in [6, 6.07) is 4.49. The summed E-state index contributed by atoms with van der Waals surface area (Å²) in [7, 11) is 0. The van der Waals surface area contributed by atoms with Crippen molar-refractivity contribution in [1.29, 1.82) is 0 Å². The number of carboxylic acids is 1. The van der Waals surface area contributed by atoms with Gasteiger partial charge in [-0.3, -0.25) is 4.79 Å². The number of carboxylic acid groups (broad SMARTS) is 1. The molecule has 17 heavy (non-hydrogen) atoms. The summed E-state index contributed by atoms with van der Waals surface area (Å²) in [4.78, 5) is 22.5. The van der Waals surface area contributed by atoms with Crippen LogP contribution in [0.1, 0.15) is 29.8 Å². The van der Waals surface area contributed by atoms with Crippen molar-refractivity contribution in [2.24, 2.45) is 0 Å².